The van der Waals surface area contributed by atoms with E-state index in [2.05, 4.69) is 15.5 Å². The molecule has 0 aliphatic rings. The summed E-state index contributed by atoms with van der Waals surface area (Å²) in [5.74, 6) is -0.208. The predicted octanol–water partition coefficient (Wildman–Crippen LogP) is 1.93. The molecule has 1 aromatic carbocycles. The van der Waals surface area contributed by atoms with Gasteiger partial charge in [-0.2, -0.15) is 10.2 Å². The van der Waals surface area contributed by atoms with Crippen LogP contribution in [0.15, 0.2) is 30.6 Å². The van der Waals surface area contributed by atoms with Gasteiger partial charge in [-0.1, -0.05) is 0 Å². The van der Waals surface area contributed by atoms with Gasteiger partial charge in [0.2, 0.25) is 0 Å². The van der Waals surface area contributed by atoms with Crippen molar-refractivity contribution >= 4 is 17.3 Å². The number of nitrogen functional groups attached to an aromatic ring is 1. The molecule has 2 aromatic rings. The molecular formula is C13H14N4O. The number of rotatable bonds is 2. The van der Waals surface area contributed by atoms with E-state index in [9.17, 15) is 4.79 Å². The average molecular weight is 242 g/mol. The van der Waals surface area contributed by atoms with E-state index < -0.39 is 0 Å². The van der Waals surface area contributed by atoms with E-state index in [0.29, 0.717) is 11.3 Å². The van der Waals surface area contributed by atoms with Gasteiger partial charge in [0.1, 0.15) is 0 Å². The van der Waals surface area contributed by atoms with E-state index in [0.717, 1.165) is 16.8 Å². The van der Waals surface area contributed by atoms with Gasteiger partial charge in [0.25, 0.3) is 5.91 Å². The summed E-state index contributed by atoms with van der Waals surface area (Å²) in [6.07, 6.45) is 2.91. The number of nitrogens with one attached hydrogen (secondary N) is 1. The number of aryl methyl sites for hydroxylation is 2. The molecule has 92 valence electrons. The third kappa shape index (κ3) is 2.45. The normalized spacial score (nSPS) is 10.1. The summed E-state index contributed by atoms with van der Waals surface area (Å²) in [6, 6.07) is 5.27. The third-order valence-corrected chi connectivity index (χ3v) is 2.64. The Labute approximate surface area is 105 Å². The number of carbonyl (C=O) groups excluding carboxylic acids is 1. The van der Waals surface area contributed by atoms with Crippen molar-refractivity contribution in [2.24, 2.45) is 0 Å². The topological polar surface area (TPSA) is 80.9 Å². The van der Waals surface area contributed by atoms with Crippen LogP contribution in [0.1, 0.15) is 21.5 Å². The minimum absolute atomic E-state index is 0.208. The van der Waals surface area contributed by atoms with Crippen LogP contribution >= 0.6 is 0 Å². The maximum Gasteiger partial charge on any atom is 0.257 e. The molecule has 0 aliphatic heterocycles. The van der Waals surface area contributed by atoms with Gasteiger partial charge >= 0.3 is 0 Å². The summed E-state index contributed by atoms with van der Waals surface area (Å²) < 4.78 is 0. The lowest BCUT2D eigenvalue weighted by atomic mass is 10.1. The van der Waals surface area contributed by atoms with Crippen molar-refractivity contribution in [2.45, 2.75) is 13.8 Å². The summed E-state index contributed by atoms with van der Waals surface area (Å²) >= 11 is 0. The van der Waals surface area contributed by atoms with Crippen LogP contribution in [0.3, 0.4) is 0 Å². The zero-order valence-electron chi connectivity index (χ0n) is 10.3. The number of amides is 1. The van der Waals surface area contributed by atoms with Crippen molar-refractivity contribution in [1.29, 1.82) is 0 Å². The fourth-order valence-corrected chi connectivity index (χ4v) is 1.80. The van der Waals surface area contributed by atoms with Crippen molar-refractivity contribution < 1.29 is 4.79 Å². The molecule has 0 saturated heterocycles. The summed E-state index contributed by atoms with van der Waals surface area (Å²) in [5.41, 5.74) is 9.55. The Balaban J connectivity index is 2.28. The highest BCUT2D eigenvalue weighted by molar-refractivity contribution is 6.04. The molecule has 5 nitrogen and oxygen atoms in total. The van der Waals surface area contributed by atoms with Gasteiger partial charge in [-0.05, 0) is 43.2 Å². The van der Waals surface area contributed by atoms with Gasteiger partial charge in [0.05, 0.1) is 18.0 Å². The average Bonchev–Trinajstić information content (AvgIpc) is 2.34. The molecule has 0 saturated carbocycles. The summed E-state index contributed by atoms with van der Waals surface area (Å²) in [4.78, 5) is 12.0. The summed E-state index contributed by atoms with van der Waals surface area (Å²) in [6.45, 7) is 3.81. The first kappa shape index (κ1) is 12.0. The molecule has 0 fully saturated rings. The zero-order valence-corrected chi connectivity index (χ0v) is 10.3. The Morgan fingerprint density at radius 3 is 2.44 bits per heavy atom. The molecule has 0 atom stereocenters. The number of hydrogen-bond donors (Lipinski definition) is 2. The van der Waals surface area contributed by atoms with Crippen LogP contribution in [0, 0.1) is 13.8 Å². The summed E-state index contributed by atoms with van der Waals surface area (Å²) in [5, 5.41) is 10.2. The lowest BCUT2D eigenvalue weighted by Crippen LogP contribution is -2.14. The molecule has 18 heavy (non-hydrogen) atoms. The van der Waals surface area contributed by atoms with Crippen molar-refractivity contribution in [3.05, 3.63) is 47.3 Å². The highest BCUT2D eigenvalue weighted by Gasteiger charge is 2.10. The molecular weight excluding hydrogens is 228 g/mol. The highest BCUT2D eigenvalue weighted by Crippen LogP contribution is 2.23. The van der Waals surface area contributed by atoms with Crippen LogP contribution < -0.4 is 11.1 Å². The largest absolute Gasteiger partial charge is 0.399 e. The Bertz CT molecular complexity index is 558. The van der Waals surface area contributed by atoms with Gasteiger partial charge in [-0.3, -0.25) is 4.79 Å². The highest BCUT2D eigenvalue weighted by atomic mass is 16.1. The maximum absolute atomic E-state index is 12.0. The molecule has 0 aliphatic carbocycles. The lowest BCUT2D eigenvalue weighted by Gasteiger charge is -2.12. The number of nitrogens with two attached hydrogens (primary N) is 1. The number of nitrogens with zero attached hydrogens (tertiary/aromatic N) is 2. The molecule has 0 bridgehead atoms. The van der Waals surface area contributed by atoms with Crippen molar-refractivity contribution in [3.63, 3.8) is 0 Å². The summed E-state index contributed by atoms with van der Waals surface area (Å²) in [7, 11) is 0. The van der Waals surface area contributed by atoms with Gasteiger partial charge < -0.3 is 11.1 Å². The first-order valence-corrected chi connectivity index (χ1v) is 5.52. The van der Waals surface area contributed by atoms with Crippen LogP contribution in [0.4, 0.5) is 11.4 Å². The zero-order chi connectivity index (χ0) is 13.1. The molecule has 0 radical (unpaired) electrons. The second-order valence-corrected chi connectivity index (χ2v) is 4.11. The van der Waals surface area contributed by atoms with E-state index >= 15 is 0 Å². The molecule has 0 spiro atoms. The van der Waals surface area contributed by atoms with E-state index in [4.69, 9.17) is 5.73 Å². The predicted molar refractivity (Wildman–Crippen MR) is 70.3 cm³/mol. The molecule has 1 amide bonds. The third-order valence-electron chi connectivity index (χ3n) is 2.64. The van der Waals surface area contributed by atoms with Crippen LogP contribution in [0.5, 0.6) is 0 Å². The fourth-order valence-electron chi connectivity index (χ4n) is 1.80. The molecule has 2 rings (SSSR count). The fraction of sp³-hybridized carbons (Fsp3) is 0.154. The maximum atomic E-state index is 12.0. The molecule has 5 heteroatoms. The van der Waals surface area contributed by atoms with Gasteiger partial charge in [-0.15, -0.1) is 0 Å². The second-order valence-electron chi connectivity index (χ2n) is 4.11. The van der Waals surface area contributed by atoms with Crippen molar-refractivity contribution in [2.75, 3.05) is 11.1 Å². The number of benzene rings is 1. The van der Waals surface area contributed by atoms with Gasteiger partial charge in [0.15, 0.2) is 0 Å². The minimum atomic E-state index is -0.208. The molecule has 1 aromatic heterocycles. The molecule has 1 heterocycles. The van der Waals surface area contributed by atoms with Crippen LogP contribution in [-0.2, 0) is 0 Å². The van der Waals surface area contributed by atoms with Gasteiger partial charge in [0, 0.05) is 11.4 Å². The van der Waals surface area contributed by atoms with E-state index in [1.54, 1.807) is 6.07 Å². The van der Waals surface area contributed by atoms with Crippen LogP contribution in [0.25, 0.3) is 0 Å². The monoisotopic (exact) mass is 242 g/mol. The van der Waals surface area contributed by atoms with Crippen LogP contribution in [-0.4, -0.2) is 16.1 Å². The first-order valence-electron chi connectivity index (χ1n) is 5.52. The first-order chi connectivity index (χ1) is 8.58. The smallest absolute Gasteiger partial charge is 0.257 e. The second kappa shape index (κ2) is 4.83. The Kier molecular flexibility index (Phi) is 3.23. The van der Waals surface area contributed by atoms with E-state index in [-0.39, 0.29) is 5.91 Å². The van der Waals surface area contributed by atoms with Crippen molar-refractivity contribution in [1.82, 2.24) is 10.2 Å². The Morgan fingerprint density at radius 1 is 1.22 bits per heavy atom. The SMILES string of the molecule is Cc1cc(N)cc(C)c1NC(=O)c1ccnnc1. The number of aromatic nitrogens is 2. The Morgan fingerprint density at radius 2 is 1.89 bits per heavy atom. The number of hydrogen-bond acceptors (Lipinski definition) is 4. The number of anilines is 2. The van der Waals surface area contributed by atoms with E-state index in [1.807, 2.05) is 26.0 Å². The van der Waals surface area contributed by atoms with E-state index in [1.165, 1.54) is 12.4 Å². The quantitative estimate of drug-likeness (QED) is 0.788. The Hall–Kier alpha value is -2.43. The van der Waals surface area contributed by atoms with Crippen LogP contribution in [0.2, 0.25) is 0 Å². The van der Waals surface area contributed by atoms with Gasteiger partial charge in [-0.25, -0.2) is 0 Å². The standard InChI is InChI=1S/C13H14N4O/c1-8-5-11(14)6-9(2)12(8)17-13(18)10-3-4-15-16-7-10/h3-7H,14H2,1-2H3,(H,17,18). The molecule has 0 unspecified atom stereocenters. The number of carbonyl (C=O) groups is 1. The lowest BCUT2D eigenvalue weighted by molar-refractivity contribution is 0.102. The minimum Gasteiger partial charge on any atom is -0.399 e. The molecule has 3 N–H and O–H groups in total. The van der Waals surface area contributed by atoms with Crippen molar-refractivity contribution in [3.8, 4) is 0 Å².